The molecule has 16 heavy (non-hydrogen) atoms. The second kappa shape index (κ2) is 3.04. The van der Waals surface area contributed by atoms with Gasteiger partial charge in [0.25, 0.3) is 5.12 Å². The maximum Gasteiger partial charge on any atom is 0.275 e. The van der Waals surface area contributed by atoms with Gasteiger partial charge in [0.2, 0.25) is 9.84 Å². The standard InChI is InChI=1S/C10H10FNO3S/c1-10(2)9(13)16(14,15)8-4-3-6(11)5-7(8)12-10/h3-5,12H,1-2H3. The minimum absolute atomic E-state index is 0.129. The number of sulfone groups is 1. The molecule has 86 valence electrons. The van der Waals surface area contributed by atoms with E-state index in [0.717, 1.165) is 18.2 Å². The van der Waals surface area contributed by atoms with Crippen molar-refractivity contribution in [2.24, 2.45) is 0 Å². The molecule has 0 atom stereocenters. The molecule has 1 aromatic carbocycles. The van der Waals surface area contributed by atoms with E-state index in [9.17, 15) is 17.6 Å². The number of anilines is 1. The second-order valence-corrected chi connectivity index (χ2v) is 6.00. The van der Waals surface area contributed by atoms with Gasteiger partial charge in [0.1, 0.15) is 11.4 Å². The highest BCUT2D eigenvalue weighted by Crippen LogP contribution is 2.34. The summed E-state index contributed by atoms with van der Waals surface area (Å²) in [5, 5.41) is 1.81. The number of fused-ring (bicyclic) bond motifs is 1. The number of benzene rings is 1. The van der Waals surface area contributed by atoms with Crippen LogP contribution in [0.2, 0.25) is 0 Å². The van der Waals surface area contributed by atoms with Crippen molar-refractivity contribution in [3.8, 4) is 0 Å². The van der Waals surface area contributed by atoms with E-state index in [2.05, 4.69) is 5.32 Å². The van der Waals surface area contributed by atoms with E-state index in [1.54, 1.807) is 0 Å². The summed E-state index contributed by atoms with van der Waals surface area (Å²) in [6.07, 6.45) is 0. The normalized spacial score (nSPS) is 21.1. The first-order chi connectivity index (χ1) is 7.25. The monoisotopic (exact) mass is 243 g/mol. The Kier molecular flexibility index (Phi) is 2.10. The lowest BCUT2D eigenvalue weighted by atomic mass is 10.1. The van der Waals surface area contributed by atoms with Gasteiger partial charge in [-0.25, -0.2) is 12.8 Å². The molecule has 6 heteroatoms. The minimum Gasteiger partial charge on any atom is -0.371 e. The van der Waals surface area contributed by atoms with Gasteiger partial charge in [0.05, 0.1) is 10.6 Å². The van der Waals surface area contributed by atoms with Crippen LogP contribution in [0.3, 0.4) is 0 Å². The average molecular weight is 243 g/mol. The number of carbonyl (C=O) groups excluding carboxylic acids is 1. The molecule has 0 bridgehead atoms. The molecule has 0 amide bonds. The molecule has 0 unspecified atom stereocenters. The molecule has 0 spiro atoms. The zero-order valence-corrected chi connectivity index (χ0v) is 9.56. The van der Waals surface area contributed by atoms with E-state index >= 15 is 0 Å². The van der Waals surface area contributed by atoms with Crippen LogP contribution in [0.15, 0.2) is 23.1 Å². The van der Waals surface area contributed by atoms with Gasteiger partial charge < -0.3 is 5.32 Å². The van der Waals surface area contributed by atoms with Crippen molar-refractivity contribution >= 4 is 20.6 Å². The smallest absolute Gasteiger partial charge is 0.275 e. The first-order valence-electron chi connectivity index (χ1n) is 4.62. The van der Waals surface area contributed by atoms with Gasteiger partial charge in [-0.1, -0.05) is 0 Å². The van der Waals surface area contributed by atoms with Crippen LogP contribution in [0.1, 0.15) is 13.8 Å². The van der Waals surface area contributed by atoms with Gasteiger partial charge in [-0.05, 0) is 32.0 Å². The van der Waals surface area contributed by atoms with Crippen molar-refractivity contribution in [2.75, 3.05) is 5.32 Å². The van der Waals surface area contributed by atoms with Crippen molar-refractivity contribution in [2.45, 2.75) is 24.3 Å². The third-order valence-electron chi connectivity index (χ3n) is 2.43. The van der Waals surface area contributed by atoms with Crippen molar-refractivity contribution < 1.29 is 17.6 Å². The zero-order chi connectivity index (χ0) is 12.1. The van der Waals surface area contributed by atoms with E-state index in [1.165, 1.54) is 13.8 Å². The Balaban J connectivity index is 2.76. The Hall–Kier alpha value is -1.43. The van der Waals surface area contributed by atoms with Crippen molar-refractivity contribution in [1.29, 1.82) is 0 Å². The number of hydrogen-bond acceptors (Lipinski definition) is 4. The minimum atomic E-state index is -4.01. The molecule has 0 radical (unpaired) electrons. The molecule has 1 aliphatic heterocycles. The summed E-state index contributed by atoms with van der Waals surface area (Å²) in [6, 6.07) is 3.19. The fraction of sp³-hybridized carbons (Fsp3) is 0.300. The Bertz CT molecular complexity index is 578. The van der Waals surface area contributed by atoms with Crippen molar-refractivity contribution in [1.82, 2.24) is 0 Å². The van der Waals surface area contributed by atoms with E-state index in [-0.39, 0.29) is 10.6 Å². The summed E-state index contributed by atoms with van der Waals surface area (Å²) in [5.41, 5.74) is -1.11. The van der Waals surface area contributed by atoms with Gasteiger partial charge in [0.15, 0.2) is 0 Å². The lowest BCUT2D eigenvalue weighted by Gasteiger charge is -2.31. The summed E-state index contributed by atoms with van der Waals surface area (Å²) in [7, 11) is -4.01. The summed E-state index contributed by atoms with van der Waals surface area (Å²) in [6.45, 7) is 2.89. The molecule has 0 aliphatic carbocycles. The molecule has 1 heterocycles. The number of hydrogen-bond donors (Lipinski definition) is 1. The van der Waals surface area contributed by atoms with Crippen LogP contribution in [-0.4, -0.2) is 19.1 Å². The molecule has 1 N–H and O–H groups in total. The largest absolute Gasteiger partial charge is 0.371 e. The average Bonchev–Trinajstić information content (AvgIpc) is 2.13. The van der Waals surface area contributed by atoms with Crippen molar-refractivity contribution in [3.63, 3.8) is 0 Å². The third-order valence-corrected chi connectivity index (χ3v) is 4.37. The number of nitrogens with one attached hydrogen (secondary N) is 1. The third kappa shape index (κ3) is 1.41. The summed E-state index contributed by atoms with van der Waals surface area (Å²) >= 11 is 0. The Morgan fingerprint density at radius 1 is 1.31 bits per heavy atom. The summed E-state index contributed by atoms with van der Waals surface area (Å²) < 4.78 is 36.6. The highest BCUT2D eigenvalue weighted by atomic mass is 32.2. The SMILES string of the molecule is CC1(C)Nc2cc(F)ccc2S(=O)(=O)C1=O. The lowest BCUT2D eigenvalue weighted by molar-refractivity contribution is -0.114. The van der Waals surface area contributed by atoms with Crippen LogP contribution < -0.4 is 5.32 Å². The summed E-state index contributed by atoms with van der Waals surface area (Å²) in [5.74, 6) is -0.549. The fourth-order valence-electron chi connectivity index (χ4n) is 1.66. The molecule has 2 rings (SSSR count). The van der Waals surface area contributed by atoms with Gasteiger partial charge in [0, 0.05) is 0 Å². The molecular weight excluding hydrogens is 233 g/mol. The fourth-order valence-corrected chi connectivity index (χ4v) is 3.23. The maximum atomic E-state index is 13.0. The number of halogens is 1. The van der Waals surface area contributed by atoms with E-state index in [0.29, 0.717) is 0 Å². The lowest BCUT2D eigenvalue weighted by Crippen LogP contribution is -2.48. The van der Waals surface area contributed by atoms with Gasteiger partial charge in [-0.3, -0.25) is 4.79 Å². The molecule has 0 fully saturated rings. The molecule has 1 aliphatic rings. The predicted molar refractivity (Wildman–Crippen MR) is 56.3 cm³/mol. The Labute approximate surface area is 92.4 Å². The van der Waals surface area contributed by atoms with E-state index in [1.807, 2.05) is 0 Å². The van der Waals surface area contributed by atoms with Gasteiger partial charge >= 0.3 is 0 Å². The Morgan fingerprint density at radius 2 is 1.94 bits per heavy atom. The first kappa shape index (κ1) is 11.1. The molecule has 4 nitrogen and oxygen atoms in total. The van der Waals surface area contributed by atoms with E-state index < -0.39 is 26.3 Å². The quantitative estimate of drug-likeness (QED) is 0.698. The van der Waals surface area contributed by atoms with Crippen LogP contribution in [0, 0.1) is 5.82 Å². The topological polar surface area (TPSA) is 63.2 Å². The van der Waals surface area contributed by atoms with Crippen LogP contribution in [0.5, 0.6) is 0 Å². The Morgan fingerprint density at radius 3 is 2.56 bits per heavy atom. The number of carbonyl (C=O) groups is 1. The van der Waals surface area contributed by atoms with Crippen LogP contribution in [-0.2, 0) is 14.6 Å². The molecular formula is C10H10FNO3S. The number of rotatable bonds is 0. The van der Waals surface area contributed by atoms with Crippen molar-refractivity contribution in [3.05, 3.63) is 24.0 Å². The van der Waals surface area contributed by atoms with E-state index in [4.69, 9.17) is 0 Å². The molecule has 0 saturated heterocycles. The van der Waals surface area contributed by atoms with Gasteiger partial charge in [-0.15, -0.1) is 0 Å². The highest BCUT2D eigenvalue weighted by Gasteiger charge is 2.44. The highest BCUT2D eigenvalue weighted by molar-refractivity contribution is 8.06. The molecule has 1 aromatic rings. The molecule has 0 aromatic heterocycles. The maximum absolute atomic E-state index is 13.0. The van der Waals surface area contributed by atoms with Gasteiger partial charge in [-0.2, -0.15) is 0 Å². The van der Waals surface area contributed by atoms with Crippen LogP contribution in [0.4, 0.5) is 10.1 Å². The zero-order valence-electron chi connectivity index (χ0n) is 8.74. The predicted octanol–water partition coefficient (Wildman–Crippen LogP) is 1.33. The molecule has 0 saturated carbocycles. The van der Waals surface area contributed by atoms with Crippen LogP contribution in [0.25, 0.3) is 0 Å². The second-order valence-electron chi connectivity index (χ2n) is 4.18. The first-order valence-corrected chi connectivity index (χ1v) is 6.11. The summed E-state index contributed by atoms with van der Waals surface area (Å²) in [4.78, 5) is 11.5. The van der Waals surface area contributed by atoms with Crippen LogP contribution >= 0.6 is 0 Å².